The van der Waals surface area contributed by atoms with Crippen molar-refractivity contribution < 1.29 is 18.3 Å². The topological polar surface area (TPSA) is 153 Å². The number of unbranched alkanes of at least 4 members (excludes halogenated alkanes) is 1. The van der Waals surface area contributed by atoms with Crippen molar-refractivity contribution in [2.45, 2.75) is 87.9 Å². The summed E-state index contributed by atoms with van der Waals surface area (Å²) < 4.78 is 37.8. The van der Waals surface area contributed by atoms with Gasteiger partial charge in [-0.05, 0) is 89.7 Å². The van der Waals surface area contributed by atoms with E-state index in [4.69, 9.17) is 4.74 Å². The van der Waals surface area contributed by atoms with Crippen LogP contribution < -0.4 is 20.5 Å². The van der Waals surface area contributed by atoms with Gasteiger partial charge in [0.25, 0.3) is 10.0 Å². The predicted octanol–water partition coefficient (Wildman–Crippen LogP) is 4.39. The molecule has 0 spiro atoms. The molecular formula is C34H43N7O5S. The number of nitrogens with zero attached hydrogens (tertiary/aromatic N) is 5. The average Bonchev–Trinajstić information content (AvgIpc) is 3.47. The molecule has 1 fully saturated rings. The molecule has 2 aromatic carbocycles. The largest absolute Gasteiger partial charge is 0.489 e. The van der Waals surface area contributed by atoms with Crippen LogP contribution in [0.15, 0.2) is 76.7 Å². The number of tetrazole rings is 1. The predicted molar refractivity (Wildman–Crippen MR) is 178 cm³/mol. The van der Waals surface area contributed by atoms with Crippen LogP contribution >= 0.6 is 0 Å². The summed E-state index contributed by atoms with van der Waals surface area (Å²) >= 11 is 0. The highest BCUT2D eigenvalue weighted by Crippen LogP contribution is 2.31. The van der Waals surface area contributed by atoms with Gasteiger partial charge < -0.3 is 15.2 Å². The number of anilines is 1. The molecule has 250 valence electrons. The minimum atomic E-state index is -3.88. The molecule has 2 unspecified atom stereocenters. The fourth-order valence-corrected chi connectivity index (χ4v) is 7.50. The number of hydrogen-bond donors (Lipinski definition) is 3. The quantitative estimate of drug-likeness (QED) is 0.167. The molecule has 4 aromatic rings. The van der Waals surface area contributed by atoms with Gasteiger partial charge in [0.15, 0.2) is 0 Å². The zero-order valence-corrected chi connectivity index (χ0v) is 27.3. The summed E-state index contributed by atoms with van der Waals surface area (Å²) in [6, 6.07) is 14.9. The molecule has 3 heterocycles. The van der Waals surface area contributed by atoms with Crippen LogP contribution in [0.2, 0.25) is 0 Å². The molecule has 0 saturated heterocycles. The number of fused-ring (bicyclic) bond motifs is 1. The lowest BCUT2D eigenvalue weighted by molar-refractivity contribution is 0.146. The molecule has 0 amide bonds. The monoisotopic (exact) mass is 661 g/mol. The first-order chi connectivity index (χ1) is 22.9. The van der Waals surface area contributed by atoms with Gasteiger partial charge in [0.1, 0.15) is 11.9 Å². The highest BCUT2D eigenvalue weighted by atomic mass is 32.2. The lowest BCUT2D eigenvalue weighted by atomic mass is 9.86. The summed E-state index contributed by atoms with van der Waals surface area (Å²) in [6.45, 7) is 1.48. The Bertz CT molecular complexity index is 1770. The molecule has 0 bridgehead atoms. The van der Waals surface area contributed by atoms with Crippen molar-refractivity contribution in [2.24, 2.45) is 5.92 Å². The van der Waals surface area contributed by atoms with E-state index in [9.17, 15) is 18.3 Å². The SMILES string of the molecule is O=c1n(CCCCC2CCCCC2)nnn1-c1ccc(S(=O)(=O)Nc2ccc3c(c2)CCC(CNCC(O)c2cccnc2)O3)cc1. The molecule has 0 radical (unpaired) electrons. The van der Waals surface area contributed by atoms with Gasteiger partial charge in [-0.25, -0.2) is 13.2 Å². The maximum atomic E-state index is 13.2. The molecule has 2 aromatic heterocycles. The molecule has 3 N–H and O–H groups in total. The van der Waals surface area contributed by atoms with Crippen molar-refractivity contribution >= 4 is 15.7 Å². The van der Waals surface area contributed by atoms with E-state index in [1.54, 1.807) is 48.8 Å². The van der Waals surface area contributed by atoms with Crippen LogP contribution in [0.3, 0.4) is 0 Å². The van der Waals surface area contributed by atoms with Crippen molar-refractivity contribution in [1.82, 2.24) is 30.1 Å². The number of rotatable bonds is 14. The third kappa shape index (κ3) is 8.45. The minimum Gasteiger partial charge on any atom is -0.489 e. The van der Waals surface area contributed by atoms with E-state index in [-0.39, 0.29) is 16.7 Å². The summed E-state index contributed by atoms with van der Waals surface area (Å²) in [4.78, 5) is 17.0. The zero-order valence-electron chi connectivity index (χ0n) is 26.5. The maximum Gasteiger partial charge on any atom is 0.368 e. The molecule has 6 rings (SSSR count). The molecule has 12 nitrogen and oxygen atoms in total. The highest BCUT2D eigenvalue weighted by Gasteiger charge is 2.22. The second-order valence-electron chi connectivity index (χ2n) is 12.6. The Morgan fingerprint density at radius 3 is 2.62 bits per heavy atom. The van der Waals surface area contributed by atoms with Crippen LogP contribution in [0, 0.1) is 5.92 Å². The summed E-state index contributed by atoms with van der Waals surface area (Å²) in [5.41, 5.74) is 2.22. The fourth-order valence-electron chi connectivity index (χ4n) is 6.45. The molecule has 1 saturated carbocycles. The molecule has 1 aliphatic heterocycles. The lowest BCUT2D eigenvalue weighted by Gasteiger charge is -2.27. The van der Waals surface area contributed by atoms with Crippen molar-refractivity contribution in [3.8, 4) is 11.4 Å². The molecule has 2 atom stereocenters. The van der Waals surface area contributed by atoms with Gasteiger partial charge in [-0.15, -0.1) is 0 Å². The summed E-state index contributed by atoms with van der Waals surface area (Å²) in [5.74, 6) is 1.53. The number of aryl methyl sites for hydroxylation is 2. The molecule has 13 heteroatoms. The van der Waals surface area contributed by atoms with Gasteiger partial charge in [0.2, 0.25) is 0 Å². The number of aromatic nitrogens is 5. The number of ether oxygens (including phenoxy) is 1. The molecule has 1 aliphatic carbocycles. The van der Waals surface area contributed by atoms with E-state index in [1.165, 1.54) is 60.0 Å². The second kappa shape index (κ2) is 15.2. The normalized spacial score (nSPS) is 17.5. The maximum absolute atomic E-state index is 13.2. The first kappa shape index (κ1) is 32.9. The summed E-state index contributed by atoms with van der Waals surface area (Å²) in [6.07, 6.45) is 13.9. The number of aliphatic hydroxyl groups excluding tert-OH is 1. The minimum absolute atomic E-state index is 0.0648. The Kier molecular flexibility index (Phi) is 10.6. The van der Waals surface area contributed by atoms with Gasteiger partial charge in [0.05, 0.1) is 16.7 Å². The fraction of sp³-hybridized carbons (Fsp3) is 0.471. The number of hydrogen-bond acceptors (Lipinski definition) is 9. The second-order valence-corrected chi connectivity index (χ2v) is 14.2. The van der Waals surface area contributed by atoms with E-state index in [1.807, 2.05) is 6.07 Å². The third-order valence-electron chi connectivity index (χ3n) is 9.11. The van der Waals surface area contributed by atoms with Crippen molar-refractivity contribution in [2.75, 3.05) is 17.8 Å². The van der Waals surface area contributed by atoms with Gasteiger partial charge in [-0.1, -0.05) is 51.0 Å². The number of nitrogens with one attached hydrogen (secondary N) is 2. The molecular weight excluding hydrogens is 618 g/mol. The number of aliphatic hydroxyl groups is 1. The summed E-state index contributed by atoms with van der Waals surface area (Å²) in [7, 11) is -3.88. The Balaban J connectivity index is 0.996. The Hall–Kier alpha value is -4.07. The highest BCUT2D eigenvalue weighted by molar-refractivity contribution is 7.92. The van der Waals surface area contributed by atoms with Gasteiger partial charge >= 0.3 is 5.69 Å². The van der Waals surface area contributed by atoms with Crippen LogP contribution in [-0.2, 0) is 23.0 Å². The van der Waals surface area contributed by atoms with Crippen LogP contribution in [0.1, 0.15) is 75.0 Å². The third-order valence-corrected chi connectivity index (χ3v) is 10.5. The van der Waals surface area contributed by atoms with E-state index >= 15 is 0 Å². The number of sulfonamides is 1. The zero-order chi connectivity index (χ0) is 32.6. The van der Waals surface area contributed by atoms with E-state index in [2.05, 4.69) is 25.4 Å². The van der Waals surface area contributed by atoms with Gasteiger partial charge in [0, 0.05) is 43.3 Å². The number of pyridine rings is 1. The standard InChI is InChI=1S/C34H43N7O5S/c42-32(27-10-6-19-35-22-27)24-36-23-30-15-11-26-21-28(12-18-33(26)46-30)37-47(44,45)31-16-13-29(14-17-31)41-34(43)40(38-39-41)20-5-4-9-25-7-2-1-3-8-25/h6,10,12-14,16-19,21-22,25,30,32,36-37,42H,1-5,7-9,11,15,20,23-24H2. The number of benzene rings is 2. The van der Waals surface area contributed by atoms with E-state index in [0.29, 0.717) is 36.8 Å². The summed E-state index contributed by atoms with van der Waals surface area (Å²) in [5, 5.41) is 21.7. The Morgan fingerprint density at radius 1 is 1.00 bits per heavy atom. The molecule has 2 aliphatic rings. The Labute approximate surface area is 275 Å². The van der Waals surface area contributed by atoms with Crippen LogP contribution in [0.4, 0.5) is 5.69 Å². The van der Waals surface area contributed by atoms with Crippen LogP contribution in [0.25, 0.3) is 5.69 Å². The smallest absolute Gasteiger partial charge is 0.368 e. The van der Waals surface area contributed by atoms with Crippen molar-refractivity contribution in [3.05, 3.63) is 88.6 Å². The Morgan fingerprint density at radius 2 is 1.83 bits per heavy atom. The lowest BCUT2D eigenvalue weighted by Crippen LogP contribution is -2.36. The first-order valence-electron chi connectivity index (χ1n) is 16.6. The first-order valence-corrected chi connectivity index (χ1v) is 18.1. The van der Waals surface area contributed by atoms with E-state index < -0.39 is 16.1 Å². The average molecular weight is 662 g/mol. The van der Waals surface area contributed by atoms with Crippen LogP contribution in [-0.4, -0.2) is 57.5 Å². The van der Waals surface area contributed by atoms with E-state index in [0.717, 1.165) is 42.7 Å². The van der Waals surface area contributed by atoms with Crippen molar-refractivity contribution in [3.63, 3.8) is 0 Å². The van der Waals surface area contributed by atoms with Gasteiger partial charge in [-0.3, -0.25) is 9.71 Å². The van der Waals surface area contributed by atoms with Gasteiger partial charge in [-0.2, -0.15) is 9.36 Å². The molecule has 47 heavy (non-hydrogen) atoms. The van der Waals surface area contributed by atoms with Crippen molar-refractivity contribution in [1.29, 1.82) is 0 Å². The van der Waals surface area contributed by atoms with Crippen LogP contribution in [0.5, 0.6) is 5.75 Å².